The minimum Gasteiger partial charge on any atom is -0.481 e. The zero-order valence-electron chi connectivity index (χ0n) is 11.6. The van der Waals surface area contributed by atoms with E-state index >= 15 is 0 Å². The monoisotopic (exact) mass is 288 g/mol. The number of carbonyl (C=O) groups is 1. The summed E-state index contributed by atoms with van der Waals surface area (Å²) < 4.78 is 1.32. The summed E-state index contributed by atoms with van der Waals surface area (Å²) in [7, 11) is 0. The van der Waals surface area contributed by atoms with Crippen molar-refractivity contribution in [2.45, 2.75) is 13.6 Å². The van der Waals surface area contributed by atoms with Crippen molar-refractivity contribution >= 4 is 16.9 Å². The smallest absolute Gasteiger partial charge is 0.306 e. The Morgan fingerprint density at radius 3 is 2.86 bits per heavy atom. The highest BCUT2D eigenvalue weighted by Crippen LogP contribution is 2.24. The summed E-state index contributed by atoms with van der Waals surface area (Å²) in [5, 5.41) is 17.5. The van der Waals surface area contributed by atoms with Crippen LogP contribution >= 0.6 is 0 Å². The highest BCUT2D eigenvalue weighted by atomic mass is 16.4. The third-order valence-corrected chi connectivity index (χ3v) is 4.05. The highest BCUT2D eigenvalue weighted by Gasteiger charge is 2.34. The summed E-state index contributed by atoms with van der Waals surface area (Å²) in [6, 6.07) is 7.09. The SMILES string of the molecule is CC(C(=O)O)C1CN(Cn2nnc3ccccc3c2=O)C1. The second kappa shape index (κ2) is 5.25. The topological polar surface area (TPSA) is 88.3 Å². The Morgan fingerprint density at radius 2 is 2.14 bits per heavy atom. The maximum Gasteiger partial charge on any atom is 0.306 e. The van der Waals surface area contributed by atoms with Crippen molar-refractivity contribution < 1.29 is 9.90 Å². The lowest BCUT2D eigenvalue weighted by molar-refractivity contribution is -0.145. The van der Waals surface area contributed by atoms with E-state index < -0.39 is 5.97 Å². The predicted molar refractivity (Wildman–Crippen MR) is 75.7 cm³/mol. The molecule has 1 unspecified atom stereocenters. The molecule has 0 spiro atoms. The average Bonchev–Trinajstić information content (AvgIpc) is 2.44. The molecule has 1 N–H and O–H groups in total. The van der Waals surface area contributed by atoms with Crippen LogP contribution in [0.2, 0.25) is 0 Å². The molecular weight excluding hydrogens is 272 g/mol. The molecule has 2 heterocycles. The highest BCUT2D eigenvalue weighted by molar-refractivity contribution is 5.76. The zero-order valence-corrected chi connectivity index (χ0v) is 11.6. The molecule has 7 nitrogen and oxygen atoms in total. The van der Waals surface area contributed by atoms with Gasteiger partial charge in [-0.05, 0) is 18.1 Å². The Balaban J connectivity index is 1.72. The Morgan fingerprint density at radius 1 is 1.43 bits per heavy atom. The number of carboxylic acid groups (broad SMARTS) is 1. The normalized spacial score (nSPS) is 17.6. The molecule has 1 aliphatic rings. The van der Waals surface area contributed by atoms with E-state index in [1.807, 2.05) is 11.0 Å². The van der Waals surface area contributed by atoms with E-state index in [0.717, 1.165) is 0 Å². The van der Waals surface area contributed by atoms with E-state index in [1.54, 1.807) is 25.1 Å². The molecule has 1 aliphatic heterocycles. The number of aromatic nitrogens is 3. The van der Waals surface area contributed by atoms with Gasteiger partial charge in [0.25, 0.3) is 5.56 Å². The van der Waals surface area contributed by atoms with Gasteiger partial charge in [0.1, 0.15) is 5.52 Å². The van der Waals surface area contributed by atoms with Crippen LogP contribution in [0.3, 0.4) is 0 Å². The number of rotatable bonds is 4. The fourth-order valence-corrected chi connectivity index (χ4v) is 2.55. The van der Waals surface area contributed by atoms with Gasteiger partial charge in [0, 0.05) is 13.1 Å². The van der Waals surface area contributed by atoms with Gasteiger partial charge < -0.3 is 5.11 Å². The Kier molecular flexibility index (Phi) is 3.42. The van der Waals surface area contributed by atoms with Crippen LogP contribution in [0.5, 0.6) is 0 Å². The Hall–Kier alpha value is -2.28. The van der Waals surface area contributed by atoms with Crippen molar-refractivity contribution in [3.63, 3.8) is 0 Å². The first-order chi connectivity index (χ1) is 10.1. The van der Waals surface area contributed by atoms with Gasteiger partial charge in [0.15, 0.2) is 0 Å². The molecule has 3 rings (SSSR count). The minimum atomic E-state index is -0.776. The molecule has 1 atom stereocenters. The molecule has 1 aromatic heterocycles. The number of hydrogen-bond acceptors (Lipinski definition) is 5. The molecule has 0 saturated carbocycles. The van der Waals surface area contributed by atoms with Gasteiger partial charge in [-0.1, -0.05) is 24.3 Å². The first kappa shape index (κ1) is 13.7. The van der Waals surface area contributed by atoms with E-state index in [9.17, 15) is 9.59 Å². The summed E-state index contributed by atoms with van der Waals surface area (Å²) >= 11 is 0. The Labute approximate surface area is 120 Å². The van der Waals surface area contributed by atoms with E-state index in [1.165, 1.54) is 4.68 Å². The first-order valence-corrected chi connectivity index (χ1v) is 6.84. The molecule has 1 fully saturated rings. The fraction of sp³-hybridized carbons (Fsp3) is 0.429. The molecule has 1 saturated heterocycles. The largest absolute Gasteiger partial charge is 0.481 e. The summed E-state index contributed by atoms with van der Waals surface area (Å²) in [5.41, 5.74) is 0.412. The summed E-state index contributed by atoms with van der Waals surface area (Å²) in [6.45, 7) is 3.38. The molecular formula is C14H16N4O3. The van der Waals surface area contributed by atoms with E-state index in [4.69, 9.17) is 5.11 Å². The second-order valence-electron chi connectivity index (χ2n) is 5.48. The predicted octanol–water partition coefficient (Wildman–Crippen LogP) is 0.401. The van der Waals surface area contributed by atoms with Gasteiger partial charge in [-0.2, -0.15) is 4.68 Å². The van der Waals surface area contributed by atoms with Gasteiger partial charge in [0.05, 0.1) is 18.0 Å². The van der Waals surface area contributed by atoms with Crippen molar-refractivity contribution in [2.75, 3.05) is 13.1 Å². The van der Waals surface area contributed by atoms with Crippen LogP contribution in [-0.2, 0) is 11.5 Å². The third-order valence-electron chi connectivity index (χ3n) is 4.05. The molecule has 0 radical (unpaired) electrons. The Bertz CT molecular complexity index is 736. The number of likely N-dealkylation sites (tertiary alicyclic amines) is 1. The number of fused-ring (bicyclic) bond motifs is 1. The molecule has 1 aromatic carbocycles. The van der Waals surface area contributed by atoms with Gasteiger partial charge in [-0.25, -0.2) is 0 Å². The van der Waals surface area contributed by atoms with Crippen LogP contribution in [0.1, 0.15) is 6.92 Å². The van der Waals surface area contributed by atoms with E-state index in [2.05, 4.69) is 10.3 Å². The molecule has 0 bridgehead atoms. The van der Waals surface area contributed by atoms with Crippen molar-refractivity contribution in [1.82, 2.24) is 19.9 Å². The molecule has 2 aromatic rings. The van der Waals surface area contributed by atoms with Crippen LogP contribution in [0.4, 0.5) is 0 Å². The number of aliphatic carboxylic acids is 1. The quantitative estimate of drug-likeness (QED) is 0.876. The summed E-state index contributed by atoms with van der Waals surface area (Å²) in [5.74, 6) is -1.01. The number of hydrogen-bond donors (Lipinski definition) is 1. The van der Waals surface area contributed by atoms with E-state index in [-0.39, 0.29) is 17.4 Å². The van der Waals surface area contributed by atoms with Crippen LogP contribution in [0.15, 0.2) is 29.1 Å². The van der Waals surface area contributed by atoms with Gasteiger partial charge in [-0.3, -0.25) is 14.5 Å². The maximum atomic E-state index is 12.3. The third kappa shape index (κ3) is 2.52. The zero-order chi connectivity index (χ0) is 15.0. The van der Waals surface area contributed by atoms with Crippen LogP contribution in [0.25, 0.3) is 10.9 Å². The standard InChI is InChI=1S/C14H16N4O3/c1-9(14(20)21)10-6-17(7-10)8-18-13(19)11-4-2-3-5-12(11)15-16-18/h2-5,9-10H,6-8H2,1H3,(H,20,21). The molecule has 7 heteroatoms. The lowest BCUT2D eigenvalue weighted by Crippen LogP contribution is -2.52. The fourth-order valence-electron chi connectivity index (χ4n) is 2.55. The van der Waals surface area contributed by atoms with Crippen molar-refractivity contribution in [3.05, 3.63) is 34.6 Å². The lowest BCUT2D eigenvalue weighted by atomic mass is 9.87. The van der Waals surface area contributed by atoms with Crippen LogP contribution in [-0.4, -0.2) is 44.1 Å². The molecule has 110 valence electrons. The van der Waals surface area contributed by atoms with Gasteiger partial charge in [-0.15, -0.1) is 5.10 Å². The second-order valence-corrected chi connectivity index (χ2v) is 5.48. The van der Waals surface area contributed by atoms with Crippen LogP contribution in [0, 0.1) is 11.8 Å². The van der Waals surface area contributed by atoms with Crippen molar-refractivity contribution in [3.8, 4) is 0 Å². The lowest BCUT2D eigenvalue weighted by Gasteiger charge is -2.40. The number of benzene rings is 1. The number of carboxylic acids is 1. The van der Waals surface area contributed by atoms with Gasteiger partial charge in [0.2, 0.25) is 0 Å². The maximum absolute atomic E-state index is 12.3. The van der Waals surface area contributed by atoms with Gasteiger partial charge >= 0.3 is 5.97 Å². The van der Waals surface area contributed by atoms with Crippen molar-refractivity contribution in [2.24, 2.45) is 11.8 Å². The summed E-state index contributed by atoms with van der Waals surface area (Å²) in [4.78, 5) is 25.2. The molecule has 0 aliphatic carbocycles. The van der Waals surface area contributed by atoms with E-state index in [0.29, 0.717) is 30.7 Å². The summed E-state index contributed by atoms with van der Waals surface area (Å²) in [6.07, 6.45) is 0. The first-order valence-electron chi connectivity index (χ1n) is 6.84. The molecule has 0 amide bonds. The molecule has 21 heavy (non-hydrogen) atoms. The minimum absolute atomic E-state index is 0.131. The number of nitrogens with zero attached hydrogens (tertiary/aromatic N) is 4. The van der Waals surface area contributed by atoms with Crippen LogP contribution < -0.4 is 5.56 Å². The average molecular weight is 288 g/mol. The van der Waals surface area contributed by atoms with Crippen molar-refractivity contribution in [1.29, 1.82) is 0 Å².